The SMILES string of the molecule is Cc1nc2ccc(S(=O)(=O)N[C@H](CC(C)C)C(=O)NC3CCCC3)cc2s1. The van der Waals surface area contributed by atoms with Crippen molar-refractivity contribution in [1.29, 1.82) is 0 Å². The number of nitrogens with one attached hydrogen (secondary N) is 2. The second-order valence-corrected chi connectivity index (χ2v) is 10.6. The van der Waals surface area contributed by atoms with E-state index >= 15 is 0 Å². The first-order valence-corrected chi connectivity index (χ1v) is 11.7. The fourth-order valence-electron chi connectivity index (χ4n) is 3.49. The van der Waals surface area contributed by atoms with Gasteiger partial charge >= 0.3 is 0 Å². The van der Waals surface area contributed by atoms with Gasteiger partial charge in [-0.2, -0.15) is 4.72 Å². The Labute approximate surface area is 164 Å². The largest absolute Gasteiger partial charge is 0.352 e. The minimum absolute atomic E-state index is 0.160. The summed E-state index contributed by atoms with van der Waals surface area (Å²) in [6, 6.07) is 4.28. The Morgan fingerprint density at radius 3 is 2.67 bits per heavy atom. The Kier molecular flexibility index (Phi) is 6.18. The summed E-state index contributed by atoms with van der Waals surface area (Å²) in [7, 11) is -3.80. The van der Waals surface area contributed by atoms with E-state index in [1.54, 1.807) is 18.2 Å². The van der Waals surface area contributed by atoms with Gasteiger partial charge in [0.25, 0.3) is 0 Å². The van der Waals surface area contributed by atoms with Crippen LogP contribution in [-0.4, -0.2) is 31.4 Å². The zero-order chi connectivity index (χ0) is 19.6. The molecule has 148 valence electrons. The van der Waals surface area contributed by atoms with Gasteiger partial charge in [-0.25, -0.2) is 13.4 Å². The molecule has 8 heteroatoms. The zero-order valence-corrected chi connectivity index (χ0v) is 17.6. The average molecular weight is 410 g/mol. The minimum Gasteiger partial charge on any atom is -0.352 e. The molecule has 1 aliphatic rings. The molecule has 1 aromatic heterocycles. The molecule has 1 atom stereocenters. The van der Waals surface area contributed by atoms with Crippen LogP contribution in [0.1, 0.15) is 51.0 Å². The summed E-state index contributed by atoms with van der Waals surface area (Å²) >= 11 is 1.46. The molecule has 6 nitrogen and oxygen atoms in total. The van der Waals surface area contributed by atoms with Crippen LogP contribution in [0.25, 0.3) is 10.2 Å². The van der Waals surface area contributed by atoms with Gasteiger partial charge in [-0.3, -0.25) is 4.79 Å². The van der Waals surface area contributed by atoms with E-state index in [9.17, 15) is 13.2 Å². The average Bonchev–Trinajstić information content (AvgIpc) is 3.20. The normalized spacial score (nSPS) is 16.9. The molecule has 1 amide bonds. The van der Waals surface area contributed by atoms with Crippen LogP contribution in [0, 0.1) is 12.8 Å². The molecule has 0 radical (unpaired) electrons. The monoisotopic (exact) mass is 409 g/mol. The highest BCUT2D eigenvalue weighted by molar-refractivity contribution is 7.89. The number of thiazole rings is 1. The molecule has 3 rings (SSSR count). The third-order valence-corrected chi connectivity index (χ3v) is 7.20. The number of aromatic nitrogens is 1. The van der Waals surface area contributed by atoms with Gasteiger partial charge in [-0.05, 0) is 50.3 Å². The van der Waals surface area contributed by atoms with Crippen LogP contribution >= 0.6 is 11.3 Å². The smallest absolute Gasteiger partial charge is 0.241 e. The van der Waals surface area contributed by atoms with E-state index in [0.717, 1.165) is 40.9 Å². The number of sulfonamides is 1. The topological polar surface area (TPSA) is 88.2 Å². The van der Waals surface area contributed by atoms with Crippen LogP contribution in [0.2, 0.25) is 0 Å². The maximum Gasteiger partial charge on any atom is 0.241 e. The van der Waals surface area contributed by atoms with Crippen molar-refractivity contribution < 1.29 is 13.2 Å². The molecule has 2 aromatic rings. The minimum atomic E-state index is -3.80. The number of amides is 1. The first kappa shape index (κ1) is 20.2. The lowest BCUT2D eigenvalue weighted by atomic mass is 10.0. The summed E-state index contributed by atoms with van der Waals surface area (Å²) < 4.78 is 29.3. The van der Waals surface area contributed by atoms with Crippen molar-refractivity contribution in [2.24, 2.45) is 5.92 Å². The molecule has 0 aliphatic heterocycles. The number of fused-ring (bicyclic) bond motifs is 1. The number of hydrogen-bond acceptors (Lipinski definition) is 5. The van der Waals surface area contributed by atoms with Gasteiger partial charge in [0.2, 0.25) is 15.9 Å². The number of benzene rings is 1. The Hall–Kier alpha value is -1.51. The van der Waals surface area contributed by atoms with E-state index in [4.69, 9.17) is 0 Å². The van der Waals surface area contributed by atoms with Crippen LogP contribution < -0.4 is 10.0 Å². The van der Waals surface area contributed by atoms with E-state index in [2.05, 4.69) is 15.0 Å². The number of carbonyl (C=O) groups excluding carboxylic acids is 1. The van der Waals surface area contributed by atoms with Crippen molar-refractivity contribution in [1.82, 2.24) is 15.0 Å². The Morgan fingerprint density at radius 2 is 2.00 bits per heavy atom. The predicted molar refractivity (Wildman–Crippen MR) is 108 cm³/mol. The van der Waals surface area contributed by atoms with Gasteiger partial charge in [-0.1, -0.05) is 26.7 Å². The summed E-state index contributed by atoms with van der Waals surface area (Å²) in [5.41, 5.74) is 0.786. The Bertz CT molecular complexity index is 915. The lowest BCUT2D eigenvalue weighted by molar-refractivity contribution is -0.123. The molecule has 0 bridgehead atoms. The standard InChI is InChI=1S/C19H27N3O3S2/c1-12(2)10-17(19(23)21-14-6-4-5-7-14)22-27(24,25)15-8-9-16-18(11-15)26-13(3)20-16/h8-9,11-12,14,17,22H,4-7,10H2,1-3H3,(H,21,23)/t17-/m1/s1. The van der Waals surface area contributed by atoms with Gasteiger partial charge in [-0.15, -0.1) is 11.3 Å². The second-order valence-electron chi connectivity index (χ2n) is 7.66. The predicted octanol–water partition coefficient (Wildman–Crippen LogP) is 3.36. The molecule has 27 heavy (non-hydrogen) atoms. The van der Waals surface area contributed by atoms with Gasteiger partial charge in [0.05, 0.1) is 20.1 Å². The first-order chi connectivity index (χ1) is 12.7. The van der Waals surface area contributed by atoms with Crippen molar-refractivity contribution in [3.8, 4) is 0 Å². The van der Waals surface area contributed by atoms with Crippen LogP contribution in [0.15, 0.2) is 23.1 Å². The van der Waals surface area contributed by atoms with Crippen LogP contribution in [0.3, 0.4) is 0 Å². The summed E-state index contributed by atoms with van der Waals surface area (Å²) in [5, 5.41) is 3.91. The van der Waals surface area contributed by atoms with E-state index in [1.807, 2.05) is 20.8 Å². The molecule has 1 fully saturated rings. The highest BCUT2D eigenvalue weighted by Gasteiger charge is 2.29. The van der Waals surface area contributed by atoms with Crippen molar-refractivity contribution in [2.75, 3.05) is 0 Å². The number of carbonyl (C=O) groups is 1. The molecule has 2 N–H and O–H groups in total. The zero-order valence-electron chi connectivity index (χ0n) is 16.0. The van der Waals surface area contributed by atoms with Crippen LogP contribution in [0.5, 0.6) is 0 Å². The molecule has 0 unspecified atom stereocenters. The maximum atomic E-state index is 12.9. The molecule has 1 saturated carbocycles. The Balaban J connectivity index is 1.80. The number of hydrogen-bond donors (Lipinski definition) is 2. The summed E-state index contributed by atoms with van der Waals surface area (Å²) in [6.45, 7) is 5.86. The third-order valence-electron chi connectivity index (χ3n) is 4.80. The van der Waals surface area contributed by atoms with Crippen molar-refractivity contribution in [2.45, 2.75) is 69.9 Å². The lowest BCUT2D eigenvalue weighted by Gasteiger charge is -2.22. The van der Waals surface area contributed by atoms with Crippen molar-refractivity contribution in [3.63, 3.8) is 0 Å². The number of nitrogens with zero attached hydrogens (tertiary/aromatic N) is 1. The van der Waals surface area contributed by atoms with E-state index in [1.165, 1.54) is 11.3 Å². The Morgan fingerprint density at radius 1 is 1.30 bits per heavy atom. The lowest BCUT2D eigenvalue weighted by Crippen LogP contribution is -2.49. The van der Waals surface area contributed by atoms with Gasteiger partial charge in [0, 0.05) is 6.04 Å². The van der Waals surface area contributed by atoms with Crippen molar-refractivity contribution >= 4 is 37.5 Å². The number of rotatable bonds is 7. The highest BCUT2D eigenvalue weighted by Crippen LogP contribution is 2.25. The van der Waals surface area contributed by atoms with Gasteiger partial charge in [0.1, 0.15) is 6.04 Å². The fraction of sp³-hybridized carbons (Fsp3) is 0.579. The first-order valence-electron chi connectivity index (χ1n) is 9.44. The fourth-order valence-corrected chi connectivity index (χ4v) is 5.67. The van der Waals surface area contributed by atoms with E-state index in [0.29, 0.717) is 6.42 Å². The summed E-state index contributed by atoms with van der Waals surface area (Å²) in [5.74, 6) is -0.0347. The molecule has 0 saturated heterocycles. The molecular formula is C19H27N3O3S2. The van der Waals surface area contributed by atoms with E-state index in [-0.39, 0.29) is 22.8 Å². The highest BCUT2D eigenvalue weighted by atomic mass is 32.2. The van der Waals surface area contributed by atoms with Gasteiger partial charge < -0.3 is 5.32 Å². The molecular weight excluding hydrogens is 382 g/mol. The van der Waals surface area contributed by atoms with Crippen LogP contribution in [-0.2, 0) is 14.8 Å². The third kappa shape index (κ3) is 5.06. The molecule has 1 heterocycles. The molecule has 0 spiro atoms. The summed E-state index contributed by atoms with van der Waals surface area (Å²) in [4.78, 5) is 17.2. The van der Waals surface area contributed by atoms with E-state index < -0.39 is 16.1 Å². The number of aryl methyl sites for hydroxylation is 1. The summed E-state index contributed by atoms with van der Waals surface area (Å²) in [6.07, 6.45) is 4.61. The van der Waals surface area contributed by atoms with Gasteiger partial charge in [0.15, 0.2) is 0 Å². The van der Waals surface area contributed by atoms with Crippen molar-refractivity contribution in [3.05, 3.63) is 23.2 Å². The van der Waals surface area contributed by atoms with Crippen LogP contribution in [0.4, 0.5) is 0 Å². The molecule has 1 aliphatic carbocycles. The maximum absolute atomic E-state index is 12.9. The molecule has 1 aromatic carbocycles. The quantitative estimate of drug-likeness (QED) is 0.734. The second kappa shape index (κ2) is 8.24.